The number of carboxylic acids is 1. The lowest BCUT2D eigenvalue weighted by Gasteiger charge is -2.26. The molecule has 1 heterocycles. The van der Waals surface area contributed by atoms with Crippen molar-refractivity contribution in [3.8, 4) is 5.69 Å². The Bertz CT molecular complexity index is 2200. The molecule has 70 heavy (non-hydrogen) atoms. The summed E-state index contributed by atoms with van der Waals surface area (Å²) < 4.78 is 60.6. The van der Waals surface area contributed by atoms with Crippen LogP contribution in [-0.2, 0) is 63.4 Å². The van der Waals surface area contributed by atoms with E-state index in [-0.39, 0.29) is 64.1 Å². The van der Waals surface area contributed by atoms with Crippen LogP contribution in [0.25, 0.3) is 5.69 Å². The Morgan fingerprint density at radius 3 is 1.94 bits per heavy atom. The molecule has 0 aliphatic heterocycles. The number of carbonyl (C=O) groups excluding carboxylic acids is 3. The van der Waals surface area contributed by atoms with Crippen LogP contribution in [0.1, 0.15) is 49.8 Å². The Morgan fingerprint density at radius 1 is 1.03 bits per heavy atom. The molecule has 3 rings (SSSR count). The highest BCUT2D eigenvalue weighted by atomic mass is 35.5. The third-order valence-electron chi connectivity index (χ3n) is 8.15. The summed E-state index contributed by atoms with van der Waals surface area (Å²) >= 11 is 28.4. The number of carboxylic acid groups (broad SMARTS) is 1. The molecule has 2 amide bonds. The number of halogens is 8. The van der Waals surface area contributed by atoms with E-state index in [0.29, 0.717) is 28.7 Å². The molecule has 3 N–H and O–H groups in total. The summed E-state index contributed by atoms with van der Waals surface area (Å²) in [5.41, 5.74) is 1.87. The molecule has 0 spiro atoms. The van der Waals surface area contributed by atoms with Gasteiger partial charge in [-0.2, -0.15) is 13.5 Å². The Hall–Kier alpha value is -3.60. The van der Waals surface area contributed by atoms with Crippen molar-refractivity contribution in [2.45, 2.75) is 63.7 Å². The van der Waals surface area contributed by atoms with Crippen LogP contribution in [0.2, 0.25) is 5.02 Å². The molecular weight excluding hydrogens is 1070 g/mol. The molecule has 17 nitrogen and oxygen atoms in total. The fourth-order valence-electron chi connectivity index (χ4n) is 5.30. The van der Waals surface area contributed by atoms with E-state index in [2.05, 4.69) is 50.9 Å². The molecular formula is C43H61Cl5F3N6O11PS. The van der Waals surface area contributed by atoms with Gasteiger partial charge in [0.1, 0.15) is 37.1 Å². The second kappa shape index (κ2) is 36.3. The van der Waals surface area contributed by atoms with Gasteiger partial charge in [0.25, 0.3) is 5.91 Å². The number of amides is 2. The van der Waals surface area contributed by atoms with Crippen molar-refractivity contribution in [2.75, 3.05) is 75.9 Å². The number of ether oxygens (including phenoxy) is 2. The molecule has 0 saturated carbocycles. The summed E-state index contributed by atoms with van der Waals surface area (Å²) in [7, 11) is -2.13. The Kier molecular flexibility index (Phi) is 35.5. The van der Waals surface area contributed by atoms with Crippen molar-refractivity contribution >= 4 is 106 Å². The molecule has 1 aromatic heterocycles. The van der Waals surface area contributed by atoms with Gasteiger partial charge in [0.15, 0.2) is 10.7 Å². The number of methoxy groups -OCH3 is 1. The number of aromatic nitrogens is 3. The lowest BCUT2D eigenvalue weighted by atomic mass is 10.0. The Labute approximate surface area is 434 Å². The van der Waals surface area contributed by atoms with E-state index >= 15 is 0 Å². The highest BCUT2D eigenvalue weighted by molar-refractivity contribution is 7.94. The fourth-order valence-corrected chi connectivity index (χ4v) is 6.57. The van der Waals surface area contributed by atoms with E-state index in [4.69, 9.17) is 77.5 Å². The number of alkyl halides is 6. The summed E-state index contributed by atoms with van der Waals surface area (Å²) in [6.07, 6.45) is 10.7. The zero-order valence-corrected chi connectivity index (χ0v) is 45.4. The SMILES string of the molecule is C=CCN(CC=C)C(=O)C(Cl)Cl.CCOC(=O)C(Cl)Cc1cc(-n2nc(C)n(C(F)F)c2=O)c(F)cc1Cl.CCc1cccc(CC)c1N(COC)C(=O)CCl.C[S+](C)C.O=C(O)CNCP(=O)([O-])O. The van der Waals surface area contributed by atoms with Crippen molar-refractivity contribution < 1.29 is 61.3 Å². The topological polar surface area (TPSA) is 226 Å². The summed E-state index contributed by atoms with van der Waals surface area (Å²) in [5.74, 6) is -3.58. The minimum atomic E-state index is -4.35. The maximum absolute atomic E-state index is 14.2. The number of esters is 1. The first-order valence-corrected chi connectivity index (χ1v) is 27.0. The largest absolute Gasteiger partial charge is 0.778 e. The number of hydrogen-bond donors (Lipinski definition) is 3. The minimum absolute atomic E-state index is 0.0371. The van der Waals surface area contributed by atoms with Gasteiger partial charge in [-0.1, -0.05) is 79.0 Å². The molecule has 0 saturated heterocycles. The van der Waals surface area contributed by atoms with E-state index in [0.717, 1.165) is 41.8 Å². The number of aliphatic carboxylic acids is 1. The number of anilines is 1. The van der Waals surface area contributed by atoms with E-state index < -0.39 is 60.6 Å². The average Bonchev–Trinajstić information content (AvgIpc) is 3.58. The standard InChI is InChI=1S/C15H14Cl2F3N3O3.C14H20ClNO2.C8H11Cl2NO.C3H8NO5P.C3H9S/c1-3-26-13(24)10(17)4-8-5-12(11(18)6-9(8)16)23-15(25)22(14(19)20)7(2)21-23;1-4-11-7-6-8-12(5-2)14(11)16(10-18-3)13(17)9-15;1-3-5-11(6-4-2)8(12)7(9)10;5-3(6)1-4-2-10(7,8)9;1-4(2)3/h5-6,10,14H,3-4H2,1-2H3;6-8H,4-5,9-10H2,1-3H3;3-4,7H,1-2,5-6H2;4H,1-2H2,(H,5,6)(H2,7,8,9);1-3H3/q;;;;+1/p-1. The maximum Gasteiger partial charge on any atom is 0.355 e. The van der Waals surface area contributed by atoms with Gasteiger partial charge in [-0.25, -0.2) is 13.8 Å². The molecule has 3 aromatic rings. The maximum atomic E-state index is 14.2. The second-order valence-electron chi connectivity index (χ2n) is 14.2. The average molecular weight is 1140 g/mol. The van der Waals surface area contributed by atoms with Gasteiger partial charge in [-0.05, 0) is 66.4 Å². The normalized spacial score (nSPS) is 11.8. The number of nitrogens with one attached hydrogen (secondary N) is 1. The molecule has 0 radical (unpaired) electrons. The number of para-hydroxylation sites is 1. The number of aryl methyl sites for hydroxylation is 3. The monoisotopic (exact) mass is 1130 g/mol. The third kappa shape index (κ3) is 26.2. The van der Waals surface area contributed by atoms with Crippen LogP contribution in [0.4, 0.5) is 18.9 Å². The van der Waals surface area contributed by atoms with Crippen LogP contribution < -0.4 is 20.8 Å². The molecule has 0 fully saturated rings. The number of benzene rings is 2. The van der Waals surface area contributed by atoms with Gasteiger partial charge >= 0.3 is 24.2 Å². The van der Waals surface area contributed by atoms with Crippen LogP contribution in [0, 0.1) is 12.7 Å². The molecule has 0 aliphatic carbocycles. The Balaban J connectivity index is 0. The summed E-state index contributed by atoms with van der Waals surface area (Å²) in [6.45, 7) is 11.6. The molecule has 396 valence electrons. The Morgan fingerprint density at radius 2 is 1.56 bits per heavy atom. The van der Waals surface area contributed by atoms with Gasteiger partial charge in [0.2, 0.25) is 5.91 Å². The summed E-state index contributed by atoms with van der Waals surface area (Å²) in [6, 6.07) is 8.13. The molecule has 0 aliphatic rings. The fraction of sp³-hybridized carbons (Fsp3) is 0.488. The molecule has 2 unspecified atom stereocenters. The van der Waals surface area contributed by atoms with E-state index in [1.807, 2.05) is 23.5 Å². The second-order valence-corrected chi connectivity index (χ2v) is 20.5. The van der Waals surface area contributed by atoms with Crippen LogP contribution >= 0.6 is 65.6 Å². The van der Waals surface area contributed by atoms with Gasteiger partial charge in [0, 0.05) is 31.6 Å². The van der Waals surface area contributed by atoms with Gasteiger partial charge in [-0.3, -0.25) is 29.4 Å². The molecule has 2 aromatic carbocycles. The summed E-state index contributed by atoms with van der Waals surface area (Å²) in [5, 5.41) is 12.5. The molecule has 2 atom stereocenters. The van der Waals surface area contributed by atoms with Gasteiger partial charge in [0.05, 0.1) is 43.9 Å². The van der Waals surface area contributed by atoms with Crippen LogP contribution in [0.5, 0.6) is 0 Å². The van der Waals surface area contributed by atoms with Crippen LogP contribution in [-0.4, -0.2) is 134 Å². The van der Waals surface area contributed by atoms with Gasteiger partial charge in [-0.15, -0.1) is 41.5 Å². The lowest BCUT2D eigenvalue weighted by molar-refractivity contribution is -0.193. The van der Waals surface area contributed by atoms with Crippen molar-refractivity contribution in [1.82, 2.24) is 24.6 Å². The van der Waals surface area contributed by atoms with Crippen molar-refractivity contribution in [1.29, 1.82) is 0 Å². The lowest BCUT2D eigenvalue weighted by Crippen LogP contribution is -2.35. The predicted molar refractivity (Wildman–Crippen MR) is 272 cm³/mol. The number of carbonyl (C=O) groups is 4. The minimum Gasteiger partial charge on any atom is -0.778 e. The molecule has 0 bridgehead atoms. The zero-order chi connectivity index (χ0) is 54.5. The predicted octanol–water partition coefficient (Wildman–Crippen LogP) is 6.88. The smallest absolute Gasteiger partial charge is 0.355 e. The highest BCUT2D eigenvalue weighted by Gasteiger charge is 2.24. The number of nitrogens with zero attached hydrogens (tertiary/aromatic N) is 5. The van der Waals surface area contributed by atoms with Gasteiger partial charge < -0.3 is 33.8 Å². The number of hydrogen-bond acceptors (Lipinski definition) is 11. The summed E-state index contributed by atoms with van der Waals surface area (Å²) in [4.78, 5) is 76.7. The molecule has 27 heteroatoms. The first-order chi connectivity index (χ1) is 32.6. The van der Waals surface area contributed by atoms with E-state index in [9.17, 15) is 46.6 Å². The van der Waals surface area contributed by atoms with Crippen molar-refractivity contribution in [2.24, 2.45) is 0 Å². The van der Waals surface area contributed by atoms with Crippen molar-refractivity contribution in [3.63, 3.8) is 0 Å². The first-order valence-electron chi connectivity index (χ1n) is 20.6. The third-order valence-corrected chi connectivity index (χ3v) is 10.1. The van der Waals surface area contributed by atoms with Crippen LogP contribution in [0.15, 0.2) is 60.4 Å². The first kappa shape index (κ1) is 68.5. The zero-order valence-electron chi connectivity index (χ0n) is 39.9. The quantitative estimate of drug-likeness (QED) is 0.0247. The van der Waals surface area contributed by atoms with E-state index in [1.54, 1.807) is 31.1 Å². The van der Waals surface area contributed by atoms with E-state index in [1.165, 1.54) is 11.8 Å². The highest BCUT2D eigenvalue weighted by Crippen LogP contribution is 2.28. The number of rotatable bonds is 21. The van der Waals surface area contributed by atoms with Crippen molar-refractivity contribution in [3.05, 3.63) is 99.5 Å². The van der Waals surface area contributed by atoms with Crippen LogP contribution in [0.3, 0.4) is 0 Å².